The van der Waals surface area contributed by atoms with E-state index in [-0.39, 0.29) is 11.7 Å². The van der Waals surface area contributed by atoms with Crippen LogP contribution in [0.1, 0.15) is 37.8 Å². The average molecular weight is 208 g/mol. The second kappa shape index (κ2) is 5.46. The highest BCUT2D eigenvalue weighted by Gasteiger charge is 2.08. The van der Waals surface area contributed by atoms with E-state index in [9.17, 15) is 10.1 Å². The van der Waals surface area contributed by atoms with E-state index in [0.29, 0.717) is 0 Å². The quantitative estimate of drug-likeness (QED) is 0.597. The molecule has 0 heterocycles. The van der Waals surface area contributed by atoms with Gasteiger partial charge >= 0.3 is 0 Å². The number of nitrogens with zero attached hydrogens (tertiary/aromatic N) is 1. The van der Waals surface area contributed by atoms with Gasteiger partial charge in [-0.2, -0.15) is 0 Å². The minimum Gasteiger partial charge on any atom is -0.324 e. The number of nitro benzene ring substituents is 1. The molecule has 0 unspecified atom stereocenters. The van der Waals surface area contributed by atoms with Gasteiger partial charge in [-0.05, 0) is 12.0 Å². The molecule has 0 aliphatic rings. The Morgan fingerprint density at radius 3 is 2.47 bits per heavy atom. The molecule has 1 atom stereocenters. The first-order valence-electron chi connectivity index (χ1n) is 5.15. The number of non-ortho nitro benzene ring substituents is 1. The van der Waals surface area contributed by atoms with Crippen LogP contribution in [0.15, 0.2) is 24.3 Å². The van der Waals surface area contributed by atoms with Gasteiger partial charge in [0, 0.05) is 18.2 Å². The summed E-state index contributed by atoms with van der Waals surface area (Å²) in [5.74, 6) is 0. The van der Waals surface area contributed by atoms with E-state index in [4.69, 9.17) is 5.73 Å². The van der Waals surface area contributed by atoms with Crippen molar-refractivity contribution in [2.45, 2.75) is 32.2 Å². The third kappa shape index (κ3) is 3.32. The lowest BCUT2D eigenvalue weighted by atomic mass is 10.0. The van der Waals surface area contributed by atoms with Crippen molar-refractivity contribution < 1.29 is 4.92 Å². The summed E-state index contributed by atoms with van der Waals surface area (Å²) in [6.07, 6.45) is 3.12. The van der Waals surface area contributed by atoms with Crippen LogP contribution in [-0.4, -0.2) is 4.92 Å². The fourth-order valence-corrected chi connectivity index (χ4v) is 1.43. The highest BCUT2D eigenvalue weighted by molar-refractivity contribution is 5.34. The van der Waals surface area contributed by atoms with Crippen molar-refractivity contribution in [3.8, 4) is 0 Å². The molecule has 15 heavy (non-hydrogen) atoms. The molecular weight excluding hydrogens is 192 g/mol. The molecule has 0 saturated heterocycles. The minimum absolute atomic E-state index is 0.00856. The van der Waals surface area contributed by atoms with Crippen molar-refractivity contribution in [1.82, 2.24) is 0 Å². The lowest BCUT2D eigenvalue weighted by Gasteiger charge is -2.10. The van der Waals surface area contributed by atoms with Crippen molar-refractivity contribution in [3.63, 3.8) is 0 Å². The fourth-order valence-electron chi connectivity index (χ4n) is 1.43. The first-order valence-corrected chi connectivity index (χ1v) is 5.15. The molecule has 0 spiro atoms. The number of hydrogen-bond acceptors (Lipinski definition) is 3. The number of benzene rings is 1. The van der Waals surface area contributed by atoms with Crippen molar-refractivity contribution in [2.75, 3.05) is 0 Å². The van der Waals surface area contributed by atoms with Crippen LogP contribution in [0.2, 0.25) is 0 Å². The van der Waals surface area contributed by atoms with E-state index < -0.39 is 4.92 Å². The van der Waals surface area contributed by atoms with Gasteiger partial charge in [-0.1, -0.05) is 31.9 Å². The Labute approximate surface area is 89.2 Å². The molecule has 4 nitrogen and oxygen atoms in total. The summed E-state index contributed by atoms with van der Waals surface area (Å²) in [7, 11) is 0. The smallest absolute Gasteiger partial charge is 0.269 e. The summed E-state index contributed by atoms with van der Waals surface area (Å²) < 4.78 is 0. The number of unbranched alkanes of at least 4 members (excludes halogenated alkanes) is 1. The van der Waals surface area contributed by atoms with Crippen LogP contribution in [0, 0.1) is 10.1 Å². The van der Waals surface area contributed by atoms with Crippen LogP contribution in [0.4, 0.5) is 5.69 Å². The van der Waals surface area contributed by atoms with E-state index >= 15 is 0 Å². The van der Waals surface area contributed by atoms with Gasteiger partial charge in [0.1, 0.15) is 0 Å². The summed E-state index contributed by atoms with van der Waals surface area (Å²) in [5, 5.41) is 10.4. The summed E-state index contributed by atoms with van der Waals surface area (Å²) >= 11 is 0. The Kier molecular flexibility index (Phi) is 4.24. The van der Waals surface area contributed by atoms with Crippen LogP contribution >= 0.6 is 0 Å². The van der Waals surface area contributed by atoms with E-state index in [1.807, 2.05) is 0 Å². The second-order valence-corrected chi connectivity index (χ2v) is 3.60. The lowest BCUT2D eigenvalue weighted by molar-refractivity contribution is -0.384. The van der Waals surface area contributed by atoms with Crippen molar-refractivity contribution in [1.29, 1.82) is 0 Å². The first kappa shape index (κ1) is 11.7. The Morgan fingerprint density at radius 2 is 2.00 bits per heavy atom. The van der Waals surface area contributed by atoms with E-state index in [2.05, 4.69) is 6.92 Å². The predicted octanol–water partition coefficient (Wildman–Crippen LogP) is 2.78. The van der Waals surface area contributed by atoms with Gasteiger partial charge in [0.05, 0.1) is 4.92 Å². The molecule has 0 bridgehead atoms. The first-order chi connectivity index (χ1) is 7.15. The maximum absolute atomic E-state index is 10.4. The maximum atomic E-state index is 10.4. The SMILES string of the molecule is CCCC[C@@H](N)c1ccc([N+](=O)[O-])cc1. The molecule has 82 valence electrons. The van der Waals surface area contributed by atoms with E-state index in [0.717, 1.165) is 24.8 Å². The van der Waals surface area contributed by atoms with E-state index in [1.54, 1.807) is 12.1 Å². The molecule has 1 aromatic rings. The number of nitrogens with two attached hydrogens (primary N) is 1. The summed E-state index contributed by atoms with van der Waals surface area (Å²) in [5.41, 5.74) is 7.02. The molecule has 0 radical (unpaired) electrons. The fraction of sp³-hybridized carbons (Fsp3) is 0.455. The molecule has 1 rings (SSSR count). The average Bonchev–Trinajstić information content (AvgIpc) is 2.26. The zero-order valence-corrected chi connectivity index (χ0v) is 8.85. The number of hydrogen-bond donors (Lipinski definition) is 1. The topological polar surface area (TPSA) is 69.2 Å². The Hall–Kier alpha value is -1.42. The monoisotopic (exact) mass is 208 g/mol. The van der Waals surface area contributed by atoms with Crippen molar-refractivity contribution >= 4 is 5.69 Å². The Balaban J connectivity index is 2.66. The van der Waals surface area contributed by atoms with Crippen molar-refractivity contribution in [3.05, 3.63) is 39.9 Å². The highest BCUT2D eigenvalue weighted by Crippen LogP contribution is 2.19. The minimum atomic E-state index is -0.401. The standard InChI is InChI=1S/C11H16N2O2/c1-2-3-4-11(12)9-5-7-10(8-6-9)13(14)15/h5-8,11H,2-4,12H2,1H3/t11-/m1/s1. The normalized spacial score (nSPS) is 12.4. The van der Waals surface area contributed by atoms with Gasteiger partial charge in [0.25, 0.3) is 5.69 Å². The highest BCUT2D eigenvalue weighted by atomic mass is 16.6. The largest absolute Gasteiger partial charge is 0.324 e. The number of rotatable bonds is 5. The van der Waals surface area contributed by atoms with Gasteiger partial charge in [-0.3, -0.25) is 10.1 Å². The summed E-state index contributed by atoms with van der Waals surface area (Å²) in [6, 6.07) is 6.46. The van der Waals surface area contributed by atoms with Crippen LogP contribution in [-0.2, 0) is 0 Å². The zero-order valence-electron chi connectivity index (χ0n) is 8.85. The van der Waals surface area contributed by atoms with Crippen molar-refractivity contribution in [2.24, 2.45) is 5.73 Å². The van der Waals surface area contributed by atoms with Crippen LogP contribution in [0.5, 0.6) is 0 Å². The van der Waals surface area contributed by atoms with Gasteiger partial charge in [-0.25, -0.2) is 0 Å². The summed E-state index contributed by atoms with van der Waals surface area (Å²) in [4.78, 5) is 10.0. The predicted molar refractivity (Wildman–Crippen MR) is 59.5 cm³/mol. The molecule has 0 amide bonds. The molecule has 0 aliphatic heterocycles. The molecule has 4 heteroatoms. The van der Waals surface area contributed by atoms with Crippen LogP contribution in [0.3, 0.4) is 0 Å². The zero-order chi connectivity index (χ0) is 11.3. The maximum Gasteiger partial charge on any atom is 0.269 e. The molecule has 0 fully saturated rings. The van der Waals surface area contributed by atoms with Gasteiger partial charge in [-0.15, -0.1) is 0 Å². The molecule has 0 saturated carbocycles. The molecule has 1 aromatic carbocycles. The third-order valence-corrected chi connectivity index (χ3v) is 2.40. The Bertz CT molecular complexity index is 322. The lowest BCUT2D eigenvalue weighted by Crippen LogP contribution is -2.09. The van der Waals surface area contributed by atoms with E-state index in [1.165, 1.54) is 12.1 Å². The van der Waals surface area contributed by atoms with Crippen LogP contribution in [0.25, 0.3) is 0 Å². The van der Waals surface area contributed by atoms with Gasteiger partial charge < -0.3 is 5.73 Å². The molecule has 0 aliphatic carbocycles. The summed E-state index contributed by atoms with van der Waals surface area (Å²) in [6.45, 7) is 2.11. The van der Waals surface area contributed by atoms with Gasteiger partial charge in [0.15, 0.2) is 0 Å². The molecule has 0 aromatic heterocycles. The third-order valence-electron chi connectivity index (χ3n) is 2.40. The molecular formula is C11H16N2O2. The second-order valence-electron chi connectivity index (χ2n) is 3.60. The van der Waals surface area contributed by atoms with Gasteiger partial charge in [0.2, 0.25) is 0 Å². The number of nitro groups is 1. The Morgan fingerprint density at radius 1 is 1.40 bits per heavy atom. The molecule has 2 N–H and O–H groups in total. The van der Waals surface area contributed by atoms with Crippen LogP contribution < -0.4 is 5.73 Å².